The lowest BCUT2D eigenvalue weighted by atomic mass is 10.1. The molecule has 110 valence electrons. The third kappa shape index (κ3) is 3.07. The Morgan fingerprint density at radius 2 is 1.90 bits per heavy atom. The average Bonchev–Trinajstić information content (AvgIpc) is 2.87. The van der Waals surface area contributed by atoms with Crippen LogP contribution in [0, 0.1) is 18.6 Å². The van der Waals surface area contributed by atoms with Crippen molar-refractivity contribution in [3.63, 3.8) is 0 Å². The smallest absolute Gasteiger partial charge is 0.340 e. The van der Waals surface area contributed by atoms with Crippen LogP contribution < -0.4 is 5.32 Å². The summed E-state index contributed by atoms with van der Waals surface area (Å²) in [7, 11) is 1.06. The molecule has 0 aliphatic heterocycles. The van der Waals surface area contributed by atoms with Crippen LogP contribution in [0.3, 0.4) is 0 Å². The Balaban J connectivity index is 2.31. The number of rotatable bonds is 3. The van der Waals surface area contributed by atoms with E-state index >= 15 is 0 Å². The Hall–Kier alpha value is -2.70. The van der Waals surface area contributed by atoms with Gasteiger partial charge in [-0.05, 0) is 25.1 Å². The number of aryl methyl sites for hydroxylation is 1. The van der Waals surface area contributed by atoms with Crippen LogP contribution in [0.1, 0.15) is 26.7 Å². The van der Waals surface area contributed by atoms with E-state index in [0.29, 0.717) is 11.8 Å². The van der Waals surface area contributed by atoms with Crippen LogP contribution in [0.2, 0.25) is 0 Å². The van der Waals surface area contributed by atoms with E-state index in [-0.39, 0.29) is 11.4 Å². The number of ether oxygens (including phenoxy) is 1. The van der Waals surface area contributed by atoms with Gasteiger partial charge in [0.2, 0.25) is 0 Å². The quantitative estimate of drug-likeness (QED) is 0.884. The molecule has 1 aromatic carbocycles. The van der Waals surface area contributed by atoms with Crippen molar-refractivity contribution < 1.29 is 27.5 Å². The fourth-order valence-corrected chi connectivity index (χ4v) is 1.65. The number of methoxy groups -OCH3 is 1. The molecule has 0 fully saturated rings. The number of hydrogen-bond acceptors (Lipinski definition) is 4. The third-order valence-corrected chi connectivity index (χ3v) is 2.67. The monoisotopic (exact) mass is 295 g/mol. The normalized spacial score (nSPS) is 10.3. The van der Waals surface area contributed by atoms with E-state index in [2.05, 4.69) is 10.1 Å². The molecule has 0 atom stereocenters. The molecule has 0 unspecified atom stereocenters. The first-order valence-corrected chi connectivity index (χ1v) is 5.87. The van der Waals surface area contributed by atoms with Crippen LogP contribution in [0.15, 0.2) is 28.7 Å². The second-order valence-electron chi connectivity index (χ2n) is 4.17. The molecule has 1 aromatic heterocycles. The van der Waals surface area contributed by atoms with Crippen molar-refractivity contribution in [2.45, 2.75) is 6.92 Å². The summed E-state index contributed by atoms with van der Waals surface area (Å²) in [5.74, 6) is -3.31. The summed E-state index contributed by atoms with van der Waals surface area (Å²) in [6.07, 6.45) is 0. The van der Waals surface area contributed by atoms with Gasteiger partial charge in [-0.3, -0.25) is 4.79 Å². The molecule has 2 rings (SSSR count). The number of hydrogen-bond donors (Lipinski definition) is 1. The number of esters is 1. The van der Waals surface area contributed by atoms with Crippen LogP contribution in [-0.4, -0.2) is 19.0 Å². The van der Waals surface area contributed by atoms with E-state index in [9.17, 15) is 18.4 Å². The average molecular weight is 295 g/mol. The van der Waals surface area contributed by atoms with E-state index in [1.165, 1.54) is 6.07 Å². The minimum absolute atomic E-state index is 0.0316. The lowest BCUT2D eigenvalue weighted by Gasteiger charge is -2.08. The summed E-state index contributed by atoms with van der Waals surface area (Å²) in [4.78, 5) is 23.2. The molecule has 0 saturated carbocycles. The molecule has 7 heteroatoms. The molecule has 5 nitrogen and oxygen atoms in total. The molecule has 2 aromatic rings. The SMILES string of the molecule is COC(=O)c1cc(NC(=O)c2ccc(C)o2)c(F)cc1F. The molecule has 1 heterocycles. The van der Waals surface area contributed by atoms with Gasteiger partial charge < -0.3 is 14.5 Å². The lowest BCUT2D eigenvalue weighted by Crippen LogP contribution is -2.14. The first kappa shape index (κ1) is 14.7. The number of benzene rings is 1. The predicted octanol–water partition coefficient (Wildman–Crippen LogP) is 2.91. The maximum Gasteiger partial charge on any atom is 0.340 e. The molecule has 0 saturated heterocycles. The van der Waals surface area contributed by atoms with Crippen LogP contribution >= 0.6 is 0 Å². The van der Waals surface area contributed by atoms with Gasteiger partial charge in [-0.2, -0.15) is 0 Å². The standard InChI is InChI=1S/C14H11F2NO4/c1-7-3-4-12(21-7)13(18)17-11-5-8(14(19)20-2)9(15)6-10(11)16/h3-6H,1-2H3,(H,17,18). The van der Waals surface area contributed by atoms with Gasteiger partial charge in [0.15, 0.2) is 5.76 Å². The number of carbonyl (C=O) groups excluding carboxylic acids is 2. The second kappa shape index (κ2) is 5.74. The van der Waals surface area contributed by atoms with Crippen LogP contribution in [0.25, 0.3) is 0 Å². The molecule has 0 aliphatic carbocycles. The summed E-state index contributed by atoms with van der Waals surface area (Å²) in [5.41, 5.74) is -0.833. The number of nitrogens with one attached hydrogen (secondary N) is 1. The highest BCUT2D eigenvalue weighted by Gasteiger charge is 2.19. The van der Waals surface area contributed by atoms with Crippen LogP contribution in [0.5, 0.6) is 0 Å². The predicted molar refractivity (Wildman–Crippen MR) is 69.1 cm³/mol. The largest absolute Gasteiger partial charge is 0.465 e. The van der Waals surface area contributed by atoms with Crippen molar-refractivity contribution in [3.05, 3.63) is 53.0 Å². The summed E-state index contributed by atoms with van der Waals surface area (Å²) in [6, 6.07) is 4.34. The van der Waals surface area contributed by atoms with Gasteiger partial charge in [0.25, 0.3) is 5.91 Å². The van der Waals surface area contributed by atoms with Crippen molar-refractivity contribution in [1.82, 2.24) is 0 Å². The first-order valence-electron chi connectivity index (χ1n) is 5.87. The zero-order chi connectivity index (χ0) is 15.6. The van der Waals surface area contributed by atoms with Gasteiger partial charge in [-0.25, -0.2) is 13.6 Å². The van der Waals surface area contributed by atoms with Gasteiger partial charge in [0.1, 0.15) is 17.4 Å². The highest BCUT2D eigenvalue weighted by atomic mass is 19.1. The molecule has 1 amide bonds. The molecule has 0 radical (unpaired) electrons. The third-order valence-electron chi connectivity index (χ3n) is 2.67. The minimum Gasteiger partial charge on any atom is -0.465 e. The van der Waals surface area contributed by atoms with Gasteiger partial charge in [-0.15, -0.1) is 0 Å². The van der Waals surface area contributed by atoms with Gasteiger partial charge in [-0.1, -0.05) is 0 Å². The first-order chi connectivity index (χ1) is 9.92. The number of carbonyl (C=O) groups is 2. The number of anilines is 1. The molecule has 0 spiro atoms. The maximum atomic E-state index is 13.6. The second-order valence-corrected chi connectivity index (χ2v) is 4.17. The fourth-order valence-electron chi connectivity index (χ4n) is 1.65. The summed E-state index contributed by atoms with van der Waals surface area (Å²) in [6.45, 7) is 1.64. The highest BCUT2D eigenvalue weighted by molar-refractivity contribution is 6.03. The summed E-state index contributed by atoms with van der Waals surface area (Å²) in [5, 5.41) is 2.20. The molecular formula is C14H11F2NO4. The molecule has 1 N–H and O–H groups in total. The van der Waals surface area contributed by atoms with Crippen LogP contribution in [0.4, 0.5) is 14.5 Å². The topological polar surface area (TPSA) is 68.5 Å². The molecule has 21 heavy (non-hydrogen) atoms. The Morgan fingerprint density at radius 3 is 2.48 bits per heavy atom. The minimum atomic E-state index is -1.08. The number of halogens is 2. The Labute approximate surface area is 118 Å². The molecular weight excluding hydrogens is 284 g/mol. The van der Waals surface area contributed by atoms with Crippen molar-refractivity contribution in [3.8, 4) is 0 Å². The van der Waals surface area contributed by atoms with Gasteiger partial charge in [0.05, 0.1) is 18.4 Å². The highest BCUT2D eigenvalue weighted by Crippen LogP contribution is 2.21. The zero-order valence-electron chi connectivity index (χ0n) is 11.2. The Morgan fingerprint density at radius 1 is 1.19 bits per heavy atom. The Bertz CT molecular complexity index is 709. The Kier molecular flexibility index (Phi) is 4.02. The van der Waals surface area contributed by atoms with Crippen molar-refractivity contribution in [2.24, 2.45) is 0 Å². The van der Waals surface area contributed by atoms with Gasteiger partial charge in [0, 0.05) is 6.07 Å². The zero-order valence-corrected chi connectivity index (χ0v) is 11.2. The summed E-state index contributed by atoms with van der Waals surface area (Å²) >= 11 is 0. The lowest BCUT2D eigenvalue weighted by molar-refractivity contribution is 0.0595. The van der Waals surface area contributed by atoms with Crippen molar-refractivity contribution >= 4 is 17.6 Å². The van der Waals surface area contributed by atoms with E-state index in [4.69, 9.17) is 4.42 Å². The van der Waals surface area contributed by atoms with E-state index < -0.39 is 29.1 Å². The van der Waals surface area contributed by atoms with Crippen molar-refractivity contribution in [2.75, 3.05) is 12.4 Å². The number of furan rings is 1. The van der Waals surface area contributed by atoms with E-state index in [1.807, 2.05) is 0 Å². The maximum absolute atomic E-state index is 13.6. The summed E-state index contributed by atoms with van der Waals surface area (Å²) < 4.78 is 36.6. The van der Waals surface area contributed by atoms with E-state index in [1.54, 1.807) is 13.0 Å². The van der Waals surface area contributed by atoms with Gasteiger partial charge >= 0.3 is 5.97 Å². The van der Waals surface area contributed by atoms with Crippen molar-refractivity contribution in [1.29, 1.82) is 0 Å². The van der Waals surface area contributed by atoms with E-state index in [0.717, 1.165) is 13.2 Å². The van der Waals surface area contributed by atoms with Crippen LogP contribution in [-0.2, 0) is 4.74 Å². The number of amides is 1. The fraction of sp³-hybridized carbons (Fsp3) is 0.143. The molecule has 0 aliphatic rings. The molecule has 0 bridgehead atoms.